The molecule has 2 aliphatic heterocycles. The van der Waals surface area contributed by atoms with Gasteiger partial charge in [0.25, 0.3) is 11.8 Å². The highest BCUT2D eigenvalue weighted by molar-refractivity contribution is 6.35. The molecule has 0 unspecified atom stereocenters. The van der Waals surface area contributed by atoms with E-state index in [1.165, 1.54) is 4.90 Å². The normalized spacial score (nSPS) is 17.8. The van der Waals surface area contributed by atoms with Crippen LogP contribution in [0.15, 0.2) is 60.3 Å². The topological polar surface area (TPSA) is 40.6 Å². The number of benzene rings is 2. The predicted molar refractivity (Wildman–Crippen MR) is 106 cm³/mol. The number of imide groups is 1. The number of nitrogens with zero attached hydrogens (tertiary/aromatic N) is 2. The number of likely N-dealkylation sites (tertiary alicyclic amines) is 1. The van der Waals surface area contributed by atoms with Crippen LogP contribution in [0.4, 0.5) is 0 Å². The van der Waals surface area contributed by atoms with Crippen LogP contribution in [0.5, 0.6) is 0 Å². The first-order valence-electron chi connectivity index (χ1n) is 9.30. The first-order chi connectivity index (χ1) is 13.1. The van der Waals surface area contributed by atoms with Crippen LogP contribution in [0.3, 0.4) is 0 Å². The Balaban J connectivity index is 1.73. The maximum absolute atomic E-state index is 13.2. The summed E-state index contributed by atoms with van der Waals surface area (Å²) in [4.78, 5) is 29.9. The van der Waals surface area contributed by atoms with E-state index >= 15 is 0 Å². The summed E-state index contributed by atoms with van der Waals surface area (Å²) in [5.41, 5.74) is 2.72. The van der Waals surface area contributed by atoms with Gasteiger partial charge in [0.15, 0.2) is 0 Å². The van der Waals surface area contributed by atoms with Gasteiger partial charge in [0.2, 0.25) is 0 Å². The summed E-state index contributed by atoms with van der Waals surface area (Å²) in [6, 6.07) is 16.8. The summed E-state index contributed by atoms with van der Waals surface area (Å²) >= 11 is 6.02. The van der Waals surface area contributed by atoms with E-state index in [4.69, 9.17) is 11.6 Å². The van der Waals surface area contributed by atoms with E-state index in [1.54, 1.807) is 12.1 Å². The maximum atomic E-state index is 13.2. The lowest BCUT2D eigenvalue weighted by molar-refractivity contribution is -0.138. The van der Waals surface area contributed by atoms with Crippen LogP contribution in [0, 0.1) is 0 Å². The Hall–Kier alpha value is -2.59. The van der Waals surface area contributed by atoms with Crippen molar-refractivity contribution < 1.29 is 9.59 Å². The standard InChI is InChI=1S/C22H21ClN2O2/c23-18-11-9-17(10-12-18)19-20(24-13-5-2-6-14-24)22(27)25(21(19)26)15-16-7-3-1-4-8-16/h1,3-4,7-12H,2,5-6,13-15H2. The monoisotopic (exact) mass is 380 g/mol. The lowest BCUT2D eigenvalue weighted by Gasteiger charge is -2.29. The van der Waals surface area contributed by atoms with Crippen molar-refractivity contribution in [3.63, 3.8) is 0 Å². The van der Waals surface area contributed by atoms with E-state index in [-0.39, 0.29) is 18.4 Å². The number of carbonyl (C=O) groups is 2. The minimum absolute atomic E-state index is 0.198. The summed E-state index contributed by atoms with van der Waals surface area (Å²) in [5.74, 6) is -0.428. The number of hydrogen-bond acceptors (Lipinski definition) is 3. The average Bonchev–Trinajstić information content (AvgIpc) is 2.95. The van der Waals surface area contributed by atoms with Gasteiger partial charge < -0.3 is 4.90 Å². The molecule has 2 aromatic carbocycles. The van der Waals surface area contributed by atoms with Crippen LogP contribution in [0.25, 0.3) is 5.57 Å². The van der Waals surface area contributed by atoms with Crippen molar-refractivity contribution in [1.82, 2.24) is 9.80 Å². The van der Waals surface area contributed by atoms with Crippen molar-refractivity contribution in [1.29, 1.82) is 0 Å². The summed E-state index contributed by atoms with van der Waals surface area (Å²) < 4.78 is 0. The van der Waals surface area contributed by atoms with Gasteiger partial charge in [0.1, 0.15) is 5.70 Å². The zero-order valence-corrected chi connectivity index (χ0v) is 15.8. The Morgan fingerprint density at radius 3 is 2.15 bits per heavy atom. The van der Waals surface area contributed by atoms with Crippen LogP contribution in [0.1, 0.15) is 30.4 Å². The third-order valence-electron chi connectivity index (χ3n) is 5.13. The van der Waals surface area contributed by atoms with Crippen molar-refractivity contribution in [2.24, 2.45) is 0 Å². The molecule has 0 N–H and O–H groups in total. The maximum Gasteiger partial charge on any atom is 0.278 e. The molecule has 0 saturated carbocycles. The highest BCUT2D eigenvalue weighted by atomic mass is 35.5. The Labute approximate surface area is 164 Å². The second-order valence-electron chi connectivity index (χ2n) is 6.96. The van der Waals surface area contributed by atoms with E-state index in [9.17, 15) is 9.59 Å². The molecule has 138 valence electrons. The fourth-order valence-electron chi connectivity index (χ4n) is 3.76. The molecule has 4 nitrogen and oxygen atoms in total. The number of halogens is 1. The van der Waals surface area contributed by atoms with E-state index in [2.05, 4.69) is 4.90 Å². The number of rotatable bonds is 4. The van der Waals surface area contributed by atoms with Crippen LogP contribution < -0.4 is 0 Å². The van der Waals surface area contributed by atoms with Gasteiger partial charge >= 0.3 is 0 Å². The van der Waals surface area contributed by atoms with Gasteiger partial charge in [0.05, 0.1) is 12.1 Å². The Morgan fingerprint density at radius 2 is 1.48 bits per heavy atom. The van der Waals surface area contributed by atoms with Crippen molar-refractivity contribution in [3.05, 3.63) is 76.4 Å². The Bertz CT molecular complexity index is 884. The molecule has 0 radical (unpaired) electrons. The molecular weight excluding hydrogens is 360 g/mol. The lowest BCUT2D eigenvalue weighted by atomic mass is 10.0. The molecule has 0 atom stereocenters. The predicted octanol–water partition coefficient (Wildman–Crippen LogP) is 4.11. The zero-order chi connectivity index (χ0) is 18.8. The molecule has 4 rings (SSSR count). The molecule has 0 aromatic heterocycles. The molecule has 2 aliphatic rings. The minimum Gasteiger partial charge on any atom is -0.366 e. The number of hydrogen-bond donors (Lipinski definition) is 0. The quantitative estimate of drug-likeness (QED) is 0.749. The lowest BCUT2D eigenvalue weighted by Crippen LogP contribution is -2.36. The second-order valence-corrected chi connectivity index (χ2v) is 7.40. The second kappa shape index (κ2) is 7.57. The van der Waals surface area contributed by atoms with Gasteiger partial charge in [-0.15, -0.1) is 0 Å². The first kappa shape index (κ1) is 17.8. The van der Waals surface area contributed by atoms with Gasteiger partial charge in [-0.05, 0) is 42.5 Å². The molecule has 2 aromatic rings. The van der Waals surface area contributed by atoms with Crippen molar-refractivity contribution in [3.8, 4) is 0 Å². The number of carbonyl (C=O) groups excluding carboxylic acids is 2. The van der Waals surface area contributed by atoms with Gasteiger partial charge in [-0.2, -0.15) is 0 Å². The van der Waals surface area contributed by atoms with Gasteiger partial charge in [-0.25, -0.2) is 0 Å². The smallest absolute Gasteiger partial charge is 0.278 e. The van der Waals surface area contributed by atoms with Gasteiger partial charge in [-0.1, -0.05) is 54.1 Å². The van der Waals surface area contributed by atoms with Crippen LogP contribution in [-0.2, 0) is 16.1 Å². The summed E-state index contributed by atoms with van der Waals surface area (Å²) in [7, 11) is 0. The average molecular weight is 381 g/mol. The van der Waals surface area contributed by atoms with Crippen LogP contribution in [-0.4, -0.2) is 34.7 Å². The van der Waals surface area contributed by atoms with E-state index in [0.29, 0.717) is 16.3 Å². The van der Waals surface area contributed by atoms with Crippen molar-refractivity contribution in [2.75, 3.05) is 13.1 Å². The molecule has 2 amide bonds. The highest BCUT2D eigenvalue weighted by Gasteiger charge is 2.41. The fourth-order valence-corrected chi connectivity index (χ4v) is 3.89. The molecule has 1 fully saturated rings. The Kier molecular flexibility index (Phi) is 4.99. The fraction of sp³-hybridized carbons (Fsp3) is 0.273. The Morgan fingerprint density at radius 1 is 0.815 bits per heavy atom. The summed E-state index contributed by atoms with van der Waals surface area (Å²) in [6.45, 7) is 1.90. The third-order valence-corrected chi connectivity index (χ3v) is 5.38. The summed E-state index contributed by atoms with van der Waals surface area (Å²) in [6.07, 6.45) is 3.24. The molecule has 1 saturated heterocycles. The molecule has 2 heterocycles. The van der Waals surface area contributed by atoms with E-state index in [1.807, 2.05) is 42.5 Å². The number of amides is 2. The van der Waals surface area contributed by atoms with E-state index < -0.39 is 0 Å². The summed E-state index contributed by atoms with van der Waals surface area (Å²) in [5, 5.41) is 0.608. The molecular formula is C22H21ClN2O2. The largest absolute Gasteiger partial charge is 0.366 e. The zero-order valence-electron chi connectivity index (χ0n) is 15.0. The van der Waals surface area contributed by atoms with Crippen molar-refractivity contribution in [2.45, 2.75) is 25.8 Å². The van der Waals surface area contributed by atoms with Crippen LogP contribution >= 0.6 is 11.6 Å². The van der Waals surface area contributed by atoms with Gasteiger partial charge in [0, 0.05) is 18.1 Å². The molecule has 27 heavy (non-hydrogen) atoms. The minimum atomic E-state index is -0.230. The molecule has 0 aliphatic carbocycles. The molecule has 5 heteroatoms. The third kappa shape index (κ3) is 3.50. The first-order valence-corrected chi connectivity index (χ1v) is 9.68. The molecule has 0 bridgehead atoms. The van der Waals surface area contributed by atoms with Gasteiger partial charge in [-0.3, -0.25) is 14.5 Å². The van der Waals surface area contributed by atoms with E-state index in [0.717, 1.165) is 43.5 Å². The molecule has 0 spiro atoms. The number of piperidine rings is 1. The highest BCUT2D eigenvalue weighted by Crippen LogP contribution is 2.34. The van der Waals surface area contributed by atoms with Crippen molar-refractivity contribution >= 4 is 29.0 Å². The SMILES string of the molecule is O=C1C(c2ccc(Cl)cc2)=C(N2CCCCC2)C(=O)N1Cc1ccccc1. The van der Waals surface area contributed by atoms with Crippen LogP contribution in [0.2, 0.25) is 5.02 Å².